The van der Waals surface area contributed by atoms with E-state index >= 15 is 0 Å². The van der Waals surface area contributed by atoms with Crippen molar-refractivity contribution in [2.75, 3.05) is 5.06 Å². The van der Waals surface area contributed by atoms with Crippen molar-refractivity contribution in [2.24, 2.45) is 0 Å². The maximum absolute atomic E-state index is 9.92. The molecule has 1 aliphatic heterocycles. The van der Waals surface area contributed by atoms with E-state index in [-0.39, 0.29) is 0 Å². The van der Waals surface area contributed by atoms with Crippen LogP contribution in [0.15, 0.2) is 67.0 Å². The van der Waals surface area contributed by atoms with Gasteiger partial charge in [0.1, 0.15) is 0 Å². The van der Waals surface area contributed by atoms with Gasteiger partial charge in [-0.15, -0.1) is 0 Å². The highest BCUT2D eigenvalue weighted by atomic mass is 16.5. The Labute approximate surface area is 105 Å². The summed E-state index contributed by atoms with van der Waals surface area (Å²) in [6, 6.07) is 13.8. The number of nitrogens with zero attached hydrogens (tertiary/aromatic N) is 2. The van der Waals surface area contributed by atoms with Gasteiger partial charge in [0.05, 0.1) is 5.70 Å². The smallest absolute Gasteiger partial charge is 0.165 e. The predicted octanol–water partition coefficient (Wildman–Crippen LogP) is 3.24. The van der Waals surface area contributed by atoms with Crippen LogP contribution >= 0.6 is 0 Å². The average Bonchev–Trinajstić information content (AvgIpc) is 2.44. The molecule has 0 saturated heterocycles. The first-order valence-corrected chi connectivity index (χ1v) is 5.68. The SMILES string of the molecule is C=C1C=C(c2ccccc2)c2cccnc2N1O. The molecule has 0 spiro atoms. The fourth-order valence-corrected chi connectivity index (χ4v) is 2.07. The molecule has 0 atom stereocenters. The summed E-state index contributed by atoms with van der Waals surface area (Å²) in [5, 5.41) is 10.9. The van der Waals surface area contributed by atoms with Crippen LogP contribution in [0.2, 0.25) is 0 Å². The zero-order chi connectivity index (χ0) is 12.5. The first-order chi connectivity index (χ1) is 8.77. The highest BCUT2D eigenvalue weighted by Crippen LogP contribution is 2.35. The molecule has 0 amide bonds. The van der Waals surface area contributed by atoms with Gasteiger partial charge in [0.15, 0.2) is 5.82 Å². The second-order valence-electron chi connectivity index (χ2n) is 4.10. The third-order valence-electron chi connectivity index (χ3n) is 2.95. The third kappa shape index (κ3) is 1.61. The number of anilines is 1. The lowest BCUT2D eigenvalue weighted by atomic mass is 9.95. The zero-order valence-corrected chi connectivity index (χ0v) is 9.74. The van der Waals surface area contributed by atoms with E-state index in [0.29, 0.717) is 11.5 Å². The summed E-state index contributed by atoms with van der Waals surface area (Å²) in [7, 11) is 0. The first kappa shape index (κ1) is 10.7. The second kappa shape index (κ2) is 4.13. The molecule has 1 aliphatic rings. The summed E-state index contributed by atoms with van der Waals surface area (Å²) in [6.07, 6.45) is 3.52. The van der Waals surface area contributed by atoms with Crippen molar-refractivity contribution in [1.82, 2.24) is 4.98 Å². The molecule has 88 valence electrons. The molecule has 2 aromatic rings. The normalized spacial score (nSPS) is 14.2. The molecule has 0 radical (unpaired) electrons. The molecule has 3 rings (SSSR count). The number of pyridine rings is 1. The summed E-state index contributed by atoms with van der Waals surface area (Å²) in [5.41, 5.74) is 3.52. The molecular weight excluding hydrogens is 224 g/mol. The van der Waals surface area contributed by atoms with Crippen molar-refractivity contribution in [3.8, 4) is 0 Å². The number of fused-ring (bicyclic) bond motifs is 1. The van der Waals surface area contributed by atoms with E-state index in [4.69, 9.17) is 0 Å². The second-order valence-corrected chi connectivity index (χ2v) is 4.10. The largest absolute Gasteiger partial charge is 0.282 e. The monoisotopic (exact) mass is 236 g/mol. The fraction of sp³-hybridized carbons (Fsp3) is 0. The van der Waals surface area contributed by atoms with E-state index in [0.717, 1.165) is 21.8 Å². The van der Waals surface area contributed by atoms with Gasteiger partial charge >= 0.3 is 0 Å². The molecule has 1 N–H and O–H groups in total. The maximum Gasteiger partial charge on any atom is 0.165 e. The molecule has 0 saturated carbocycles. The van der Waals surface area contributed by atoms with Crippen molar-refractivity contribution in [1.29, 1.82) is 0 Å². The van der Waals surface area contributed by atoms with Gasteiger partial charge < -0.3 is 0 Å². The first-order valence-electron chi connectivity index (χ1n) is 5.68. The standard InChI is InChI=1S/C15H12N2O/c1-11-10-14(12-6-3-2-4-7-12)13-8-5-9-16-15(13)17(11)18/h2-10,18H,1H2. The Hall–Kier alpha value is -2.39. The summed E-state index contributed by atoms with van der Waals surface area (Å²) < 4.78 is 0. The molecule has 18 heavy (non-hydrogen) atoms. The topological polar surface area (TPSA) is 36.4 Å². The number of rotatable bonds is 1. The quantitative estimate of drug-likeness (QED) is 0.825. The van der Waals surface area contributed by atoms with Gasteiger partial charge in [0.25, 0.3) is 0 Å². The highest BCUT2D eigenvalue weighted by molar-refractivity contribution is 5.89. The minimum Gasteiger partial charge on any atom is -0.282 e. The Morgan fingerprint density at radius 1 is 1.06 bits per heavy atom. The lowest BCUT2D eigenvalue weighted by Gasteiger charge is -2.25. The van der Waals surface area contributed by atoms with E-state index < -0.39 is 0 Å². The van der Waals surface area contributed by atoms with Gasteiger partial charge in [0.2, 0.25) is 0 Å². The van der Waals surface area contributed by atoms with Crippen LogP contribution in [0, 0.1) is 0 Å². The van der Waals surface area contributed by atoms with E-state index in [9.17, 15) is 5.21 Å². The molecule has 3 heteroatoms. The minimum absolute atomic E-state index is 0.514. The Morgan fingerprint density at radius 2 is 1.83 bits per heavy atom. The van der Waals surface area contributed by atoms with E-state index in [1.54, 1.807) is 6.20 Å². The predicted molar refractivity (Wildman–Crippen MR) is 71.2 cm³/mol. The average molecular weight is 236 g/mol. The van der Waals surface area contributed by atoms with Gasteiger partial charge in [-0.2, -0.15) is 0 Å². The maximum atomic E-state index is 9.92. The molecule has 0 unspecified atom stereocenters. The van der Waals surface area contributed by atoms with E-state index in [1.807, 2.05) is 48.5 Å². The molecule has 3 nitrogen and oxygen atoms in total. The molecule has 0 bridgehead atoms. The van der Waals surface area contributed by atoms with Crippen LogP contribution in [0.1, 0.15) is 11.1 Å². The number of benzene rings is 1. The lowest BCUT2D eigenvalue weighted by Crippen LogP contribution is -2.21. The number of hydrogen-bond donors (Lipinski definition) is 1. The van der Waals surface area contributed by atoms with Crippen molar-refractivity contribution < 1.29 is 5.21 Å². The Kier molecular flexibility index (Phi) is 2.46. The van der Waals surface area contributed by atoms with Crippen LogP contribution in [-0.2, 0) is 0 Å². The van der Waals surface area contributed by atoms with Crippen molar-refractivity contribution in [3.63, 3.8) is 0 Å². The molecular formula is C15H12N2O. The minimum atomic E-state index is 0.514. The molecule has 2 heterocycles. The number of aromatic nitrogens is 1. The van der Waals surface area contributed by atoms with Crippen molar-refractivity contribution >= 4 is 11.4 Å². The van der Waals surface area contributed by atoms with Crippen molar-refractivity contribution in [2.45, 2.75) is 0 Å². The summed E-state index contributed by atoms with van der Waals surface area (Å²) >= 11 is 0. The van der Waals surface area contributed by atoms with Gasteiger partial charge in [-0.25, -0.2) is 10.0 Å². The number of hydroxylamine groups is 1. The van der Waals surface area contributed by atoms with Gasteiger partial charge in [-0.3, -0.25) is 5.21 Å². The molecule has 0 fully saturated rings. The van der Waals surface area contributed by atoms with Crippen LogP contribution in [-0.4, -0.2) is 10.2 Å². The Morgan fingerprint density at radius 3 is 2.61 bits per heavy atom. The number of allylic oxidation sites excluding steroid dienone is 1. The molecule has 1 aromatic carbocycles. The van der Waals surface area contributed by atoms with Crippen LogP contribution in [0.3, 0.4) is 0 Å². The zero-order valence-electron chi connectivity index (χ0n) is 9.74. The summed E-state index contributed by atoms with van der Waals surface area (Å²) in [6.45, 7) is 3.83. The van der Waals surface area contributed by atoms with Crippen molar-refractivity contribution in [3.05, 3.63) is 78.1 Å². The fourth-order valence-electron chi connectivity index (χ4n) is 2.07. The summed E-state index contributed by atoms with van der Waals surface area (Å²) in [4.78, 5) is 4.20. The van der Waals surface area contributed by atoms with Crippen LogP contribution in [0.25, 0.3) is 5.57 Å². The number of hydrogen-bond acceptors (Lipinski definition) is 3. The lowest BCUT2D eigenvalue weighted by molar-refractivity contribution is 0.283. The third-order valence-corrected chi connectivity index (χ3v) is 2.95. The van der Waals surface area contributed by atoms with Crippen LogP contribution in [0.5, 0.6) is 0 Å². The van der Waals surface area contributed by atoms with Gasteiger partial charge in [-0.05, 0) is 29.3 Å². The van der Waals surface area contributed by atoms with Crippen LogP contribution in [0.4, 0.5) is 5.82 Å². The van der Waals surface area contributed by atoms with Gasteiger partial charge in [0, 0.05) is 11.8 Å². The van der Waals surface area contributed by atoms with E-state index in [1.165, 1.54) is 0 Å². The van der Waals surface area contributed by atoms with E-state index in [2.05, 4.69) is 11.6 Å². The van der Waals surface area contributed by atoms with Crippen LogP contribution < -0.4 is 5.06 Å². The molecule has 1 aromatic heterocycles. The molecule has 0 aliphatic carbocycles. The van der Waals surface area contributed by atoms with Gasteiger partial charge in [-0.1, -0.05) is 36.9 Å². The highest BCUT2D eigenvalue weighted by Gasteiger charge is 2.21. The summed E-state index contributed by atoms with van der Waals surface area (Å²) in [5.74, 6) is 0.517. The Bertz CT molecular complexity index is 632. The Balaban J connectivity index is 2.21.